The number of hydrogen-bond acceptors (Lipinski definition) is 5. The molecular formula is C8H12N4O3. The number of benzene rings is 1. The summed E-state index contributed by atoms with van der Waals surface area (Å²) in [5, 5.41) is 0.306. The summed E-state index contributed by atoms with van der Waals surface area (Å²) < 4.78 is 10.2. The van der Waals surface area contributed by atoms with E-state index in [1.54, 1.807) is 0 Å². The van der Waals surface area contributed by atoms with E-state index in [-0.39, 0.29) is 0 Å². The average Bonchev–Trinajstić information content (AvgIpc) is 2.66. The molecular weight excluding hydrogens is 200 g/mol. The molecule has 0 saturated carbocycles. The van der Waals surface area contributed by atoms with Crippen LogP contribution < -0.4 is 26.9 Å². The van der Waals surface area contributed by atoms with E-state index in [2.05, 4.69) is 17.4 Å². The largest absolute Gasteiger partial charge is 0.454 e. The van der Waals surface area contributed by atoms with Crippen molar-refractivity contribution >= 4 is 6.03 Å². The van der Waals surface area contributed by atoms with Gasteiger partial charge in [0.15, 0.2) is 11.5 Å². The summed E-state index contributed by atoms with van der Waals surface area (Å²) >= 11 is 0. The van der Waals surface area contributed by atoms with E-state index in [0.29, 0.717) is 11.9 Å². The number of urea groups is 1. The number of amides is 2. The number of fused-ring (bicyclic) bond motifs is 1. The molecule has 0 fully saturated rings. The highest BCUT2D eigenvalue weighted by Crippen LogP contribution is 2.30. The Kier molecular flexibility index (Phi) is 3.72. The summed E-state index contributed by atoms with van der Waals surface area (Å²) in [4.78, 5) is 9.60. The van der Waals surface area contributed by atoms with Gasteiger partial charge in [0.25, 0.3) is 0 Å². The Morgan fingerprint density at radius 3 is 1.93 bits per heavy atom. The number of hydrogen-bond donors (Lipinski definition) is 3. The summed E-state index contributed by atoms with van der Waals surface area (Å²) in [5.41, 5.74) is 4.47. The topological polar surface area (TPSA) is 117 Å². The Labute approximate surface area is 86.3 Å². The van der Waals surface area contributed by atoms with Gasteiger partial charge in [-0.05, 0) is 12.1 Å². The van der Waals surface area contributed by atoms with Crippen LogP contribution in [0.3, 0.4) is 0 Å². The minimum atomic E-state index is -0.852. The van der Waals surface area contributed by atoms with Crippen molar-refractivity contribution in [1.82, 2.24) is 5.12 Å². The minimum Gasteiger partial charge on any atom is -0.454 e. The number of nitrogens with two attached hydrogens (primary N) is 3. The molecule has 2 rings (SSSR count). The highest BCUT2D eigenvalue weighted by molar-refractivity contribution is 5.70. The molecule has 15 heavy (non-hydrogen) atoms. The summed E-state index contributed by atoms with van der Waals surface area (Å²) in [6, 6.07) is 6.78. The fourth-order valence-corrected chi connectivity index (χ4v) is 0.845. The van der Waals surface area contributed by atoms with Gasteiger partial charge in [0, 0.05) is 0 Å². The molecule has 7 heteroatoms. The van der Waals surface area contributed by atoms with Gasteiger partial charge in [-0.1, -0.05) is 12.1 Å². The van der Waals surface area contributed by atoms with Crippen LogP contribution in [-0.4, -0.2) is 17.9 Å². The average molecular weight is 212 g/mol. The summed E-state index contributed by atoms with van der Waals surface area (Å²) in [5.74, 6) is 10.8. The lowest BCUT2D eigenvalue weighted by Gasteiger charge is -2.00. The van der Waals surface area contributed by atoms with E-state index >= 15 is 0 Å². The molecule has 0 saturated heterocycles. The van der Waals surface area contributed by atoms with Crippen LogP contribution in [0.15, 0.2) is 24.3 Å². The zero-order valence-corrected chi connectivity index (χ0v) is 7.92. The highest BCUT2D eigenvalue weighted by Gasteiger charge is 2.09. The molecule has 7 nitrogen and oxygen atoms in total. The van der Waals surface area contributed by atoms with Crippen molar-refractivity contribution < 1.29 is 14.3 Å². The fourth-order valence-electron chi connectivity index (χ4n) is 0.845. The smallest absolute Gasteiger partial charge is 0.343 e. The normalized spacial score (nSPS) is 11.3. The van der Waals surface area contributed by atoms with Crippen molar-refractivity contribution in [2.45, 2.75) is 0 Å². The zero-order valence-electron chi connectivity index (χ0n) is 7.92. The van der Waals surface area contributed by atoms with E-state index < -0.39 is 6.03 Å². The Hall–Kier alpha value is -1.99. The SMILES string of the molecule is NC(=O)N(N)N.c1ccc2c(c1)OCO2. The first kappa shape index (κ1) is 11.1. The van der Waals surface area contributed by atoms with E-state index in [4.69, 9.17) is 9.47 Å². The van der Waals surface area contributed by atoms with Gasteiger partial charge < -0.3 is 15.2 Å². The molecule has 2 amide bonds. The molecule has 6 N–H and O–H groups in total. The van der Waals surface area contributed by atoms with Crippen molar-refractivity contribution in [2.24, 2.45) is 17.4 Å². The van der Waals surface area contributed by atoms with Crippen molar-refractivity contribution in [3.8, 4) is 11.5 Å². The predicted octanol–water partition coefficient (Wildman–Crippen LogP) is -0.470. The number of ether oxygens (including phenoxy) is 2. The third kappa shape index (κ3) is 3.33. The van der Waals surface area contributed by atoms with Gasteiger partial charge in [0.05, 0.1) is 0 Å². The molecule has 82 valence electrons. The van der Waals surface area contributed by atoms with Crippen molar-refractivity contribution in [2.75, 3.05) is 6.79 Å². The number of primary amides is 1. The van der Waals surface area contributed by atoms with Crippen molar-refractivity contribution in [3.05, 3.63) is 24.3 Å². The maximum Gasteiger partial charge on any atom is 0.343 e. The van der Waals surface area contributed by atoms with Crippen LogP contribution in [0.2, 0.25) is 0 Å². The van der Waals surface area contributed by atoms with Crippen molar-refractivity contribution in [3.63, 3.8) is 0 Å². The van der Waals surface area contributed by atoms with Gasteiger partial charge >= 0.3 is 6.03 Å². The molecule has 1 aromatic carbocycles. The second-order valence-electron chi connectivity index (χ2n) is 2.60. The van der Waals surface area contributed by atoms with Crippen molar-refractivity contribution in [1.29, 1.82) is 0 Å². The molecule has 1 heterocycles. The van der Waals surface area contributed by atoms with E-state index in [0.717, 1.165) is 11.5 Å². The minimum absolute atomic E-state index is 0.306. The predicted molar refractivity (Wildman–Crippen MR) is 52.4 cm³/mol. The monoisotopic (exact) mass is 212 g/mol. The molecule has 0 atom stereocenters. The molecule has 0 unspecified atom stereocenters. The van der Waals surface area contributed by atoms with Crippen LogP contribution in [0.25, 0.3) is 0 Å². The molecule has 1 aromatic rings. The lowest BCUT2D eigenvalue weighted by molar-refractivity contribution is 0.174. The second-order valence-corrected chi connectivity index (χ2v) is 2.60. The third-order valence-corrected chi connectivity index (χ3v) is 1.53. The molecule has 0 spiro atoms. The second kappa shape index (κ2) is 5.03. The molecule has 0 bridgehead atoms. The van der Waals surface area contributed by atoms with Crippen LogP contribution >= 0.6 is 0 Å². The standard InChI is InChI=1S/C7H6O2.CH6N4O/c1-2-4-7-6(3-1)8-5-9-7;2-1(6)5(3)4/h1-4H,5H2;3-4H2,(H2,2,6). The number of hydrazine groups is 2. The van der Waals surface area contributed by atoms with Crippen LogP contribution in [0.5, 0.6) is 11.5 Å². The third-order valence-electron chi connectivity index (χ3n) is 1.53. The van der Waals surface area contributed by atoms with E-state index in [1.807, 2.05) is 24.3 Å². The molecule has 1 aliphatic heterocycles. The molecule has 0 aromatic heterocycles. The first-order valence-corrected chi connectivity index (χ1v) is 4.05. The lowest BCUT2D eigenvalue weighted by atomic mass is 10.3. The van der Waals surface area contributed by atoms with Gasteiger partial charge in [0.2, 0.25) is 6.79 Å². The Morgan fingerprint density at radius 2 is 1.60 bits per heavy atom. The van der Waals surface area contributed by atoms with Gasteiger partial charge in [0.1, 0.15) is 0 Å². The molecule has 0 aliphatic carbocycles. The fraction of sp³-hybridized carbons (Fsp3) is 0.125. The van der Waals surface area contributed by atoms with Crippen LogP contribution in [0, 0.1) is 0 Å². The van der Waals surface area contributed by atoms with Crippen LogP contribution in [-0.2, 0) is 0 Å². The maximum absolute atomic E-state index is 9.60. The summed E-state index contributed by atoms with van der Waals surface area (Å²) in [6.07, 6.45) is 0. The number of carbonyl (C=O) groups is 1. The first-order valence-electron chi connectivity index (χ1n) is 4.05. The quantitative estimate of drug-likeness (QED) is 0.305. The van der Waals surface area contributed by atoms with Gasteiger partial charge in [-0.15, -0.1) is 0 Å². The summed E-state index contributed by atoms with van der Waals surface area (Å²) in [7, 11) is 0. The Bertz CT molecular complexity index is 319. The summed E-state index contributed by atoms with van der Waals surface area (Å²) in [6.45, 7) is 0.360. The lowest BCUT2D eigenvalue weighted by Crippen LogP contribution is -2.46. The Balaban J connectivity index is 0.000000167. The number of carbonyl (C=O) groups excluding carboxylic acids is 1. The maximum atomic E-state index is 9.60. The Morgan fingerprint density at radius 1 is 1.20 bits per heavy atom. The van der Waals surface area contributed by atoms with Crippen LogP contribution in [0.4, 0.5) is 4.79 Å². The number of nitrogens with zero attached hydrogens (tertiary/aromatic N) is 1. The van der Waals surface area contributed by atoms with Gasteiger partial charge in [-0.3, -0.25) is 0 Å². The van der Waals surface area contributed by atoms with E-state index in [1.165, 1.54) is 0 Å². The number of rotatable bonds is 0. The van der Waals surface area contributed by atoms with Gasteiger partial charge in [-0.2, -0.15) is 5.12 Å². The van der Waals surface area contributed by atoms with Crippen LogP contribution in [0.1, 0.15) is 0 Å². The zero-order chi connectivity index (χ0) is 11.3. The molecule has 0 radical (unpaired) electrons. The first-order chi connectivity index (χ1) is 7.11. The highest BCUT2D eigenvalue weighted by atomic mass is 16.7. The van der Waals surface area contributed by atoms with Gasteiger partial charge in [-0.25, -0.2) is 16.5 Å². The number of para-hydroxylation sites is 2. The van der Waals surface area contributed by atoms with E-state index in [9.17, 15) is 4.79 Å². The molecule has 1 aliphatic rings.